The molecule has 0 spiro atoms. The number of furan rings is 1. The predicted octanol–water partition coefficient (Wildman–Crippen LogP) is 1.46. The molecule has 0 saturated heterocycles. The van der Waals surface area contributed by atoms with Crippen molar-refractivity contribution in [1.29, 1.82) is 0 Å². The van der Waals surface area contributed by atoms with Gasteiger partial charge in [0.25, 0.3) is 0 Å². The third kappa shape index (κ3) is 2.08. The minimum Gasteiger partial charge on any atom is -0.463 e. The second-order valence-electron chi connectivity index (χ2n) is 2.59. The third-order valence-electron chi connectivity index (χ3n) is 1.67. The number of ether oxygens (including phenoxy) is 1. The number of hydrogen-bond acceptors (Lipinski definition) is 5. The number of carbonyl (C=O) groups excluding carboxylic acids is 2. The van der Waals surface area contributed by atoms with Gasteiger partial charge >= 0.3 is 5.97 Å². The van der Waals surface area contributed by atoms with E-state index in [1.807, 2.05) is 0 Å². The summed E-state index contributed by atoms with van der Waals surface area (Å²) in [6.45, 7) is 1.66. The Balaban J connectivity index is 2.87. The second kappa shape index (κ2) is 4.39. The molecule has 0 aliphatic heterocycles. The van der Waals surface area contributed by atoms with Crippen LogP contribution in [0.3, 0.4) is 0 Å². The summed E-state index contributed by atoms with van der Waals surface area (Å²) in [7, 11) is 1.26. The summed E-state index contributed by atoms with van der Waals surface area (Å²) >= 11 is 0. The summed E-state index contributed by atoms with van der Waals surface area (Å²) in [4.78, 5) is 24.4. The van der Waals surface area contributed by atoms with Crippen LogP contribution in [0.25, 0.3) is 0 Å². The molecule has 1 rings (SSSR count). The van der Waals surface area contributed by atoms with Gasteiger partial charge in [-0.05, 0) is 19.1 Å². The summed E-state index contributed by atoms with van der Waals surface area (Å²) in [6, 6.07) is 2.60. The number of aliphatic imine (C=N–C) groups is 1. The maximum absolute atomic E-state index is 11.0. The van der Waals surface area contributed by atoms with E-state index in [0.29, 0.717) is 5.76 Å². The minimum absolute atomic E-state index is 0.0930. The largest absolute Gasteiger partial charge is 0.463 e. The van der Waals surface area contributed by atoms with Crippen molar-refractivity contribution < 1.29 is 18.7 Å². The molecule has 1 atom stereocenters. The molecule has 5 nitrogen and oxygen atoms in total. The lowest BCUT2D eigenvalue weighted by molar-refractivity contribution is 0.0562. The van der Waals surface area contributed by atoms with E-state index in [0.717, 1.165) is 0 Å². The Morgan fingerprint density at radius 1 is 1.64 bits per heavy atom. The zero-order chi connectivity index (χ0) is 10.6. The Morgan fingerprint density at radius 2 is 2.36 bits per heavy atom. The maximum atomic E-state index is 11.0. The fourth-order valence-corrected chi connectivity index (χ4v) is 0.930. The normalized spacial score (nSPS) is 11.6. The molecule has 5 heteroatoms. The average molecular weight is 195 g/mol. The van der Waals surface area contributed by atoms with E-state index in [2.05, 4.69) is 9.73 Å². The highest BCUT2D eigenvalue weighted by Crippen LogP contribution is 2.19. The van der Waals surface area contributed by atoms with E-state index in [-0.39, 0.29) is 5.76 Å². The van der Waals surface area contributed by atoms with Crippen molar-refractivity contribution in [2.24, 2.45) is 4.99 Å². The lowest BCUT2D eigenvalue weighted by Crippen LogP contribution is -1.98. The first kappa shape index (κ1) is 10.2. The molecule has 74 valence electrons. The molecule has 14 heavy (non-hydrogen) atoms. The van der Waals surface area contributed by atoms with E-state index in [9.17, 15) is 9.59 Å². The Bertz CT molecular complexity index is 376. The van der Waals surface area contributed by atoms with Crippen molar-refractivity contribution in [2.45, 2.75) is 13.0 Å². The highest BCUT2D eigenvalue weighted by molar-refractivity contribution is 5.86. The summed E-state index contributed by atoms with van der Waals surface area (Å²) in [5.74, 6) is -0.0391. The Kier molecular flexibility index (Phi) is 3.20. The molecule has 0 amide bonds. The Hall–Kier alpha value is -1.87. The topological polar surface area (TPSA) is 68.9 Å². The second-order valence-corrected chi connectivity index (χ2v) is 2.59. The highest BCUT2D eigenvalue weighted by atomic mass is 16.5. The van der Waals surface area contributed by atoms with Gasteiger partial charge in [0.05, 0.1) is 7.11 Å². The van der Waals surface area contributed by atoms with Crippen LogP contribution in [-0.4, -0.2) is 19.2 Å². The van der Waals surface area contributed by atoms with Crippen LogP contribution >= 0.6 is 0 Å². The van der Waals surface area contributed by atoms with E-state index in [4.69, 9.17) is 4.42 Å². The smallest absolute Gasteiger partial charge is 0.373 e. The quantitative estimate of drug-likeness (QED) is 0.416. The summed E-state index contributed by atoms with van der Waals surface area (Å²) in [5, 5.41) is 0. The summed E-state index contributed by atoms with van der Waals surface area (Å²) in [6.07, 6.45) is 1.42. The lowest BCUT2D eigenvalue weighted by Gasteiger charge is -1.97. The number of carbonyl (C=O) groups is 1. The van der Waals surface area contributed by atoms with Crippen LogP contribution in [0.5, 0.6) is 0 Å². The number of methoxy groups -OCH3 is 1. The highest BCUT2D eigenvalue weighted by Gasteiger charge is 2.14. The fraction of sp³-hybridized carbons (Fsp3) is 0.333. The van der Waals surface area contributed by atoms with Gasteiger partial charge in [0.15, 0.2) is 0 Å². The molecule has 0 aliphatic carbocycles. The summed E-state index contributed by atoms with van der Waals surface area (Å²) in [5.41, 5.74) is 0. The first-order valence-corrected chi connectivity index (χ1v) is 3.94. The first-order chi connectivity index (χ1) is 6.69. The minimum atomic E-state index is -0.557. The van der Waals surface area contributed by atoms with Crippen molar-refractivity contribution in [2.75, 3.05) is 7.11 Å². The zero-order valence-corrected chi connectivity index (χ0v) is 7.81. The van der Waals surface area contributed by atoms with Gasteiger partial charge < -0.3 is 9.15 Å². The monoisotopic (exact) mass is 195 g/mol. The predicted molar refractivity (Wildman–Crippen MR) is 46.6 cm³/mol. The standard InChI is InChI=1S/C9H9NO4/c1-6(10-5-11)7-3-4-8(14-7)9(12)13-2/h3-4,6H,1-2H3. The molecule has 1 heterocycles. The number of esters is 1. The van der Waals surface area contributed by atoms with Crippen LogP contribution in [0.2, 0.25) is 0 Å². The van der Waals surface area contributed by atoms with Gasteiger partial charge in [0.2, 0.25) is 11.8 Å². The SMILES string of the molecule is COC(=O)c1ccc(C(C)N=C=O)o1. The van der Waals surface area contributed by atoms with Gasteiger partial charge in [-0.25, -0.2) is 9.59 Å². The molecule has 1 aromatic rings. The fourth-order valence-electron chi connectivity index (χ4n) is 0.930. The Labute approximate surface area is 80.4 Å². The van der Waals surface area contributed by atoms with Crippen molar-refractivity contribution in [1.82, 2.24) is 0 Å². The molecule has 1 unspecified atom stereocenters. The molecule has 0 aliphatic rings. The van der Waals surface area contributed by atoms with Crippen LogP contribution in [0.4, 0.5) is 0 Å². The van der Waals surface area contributed by atoms with Crippen LogP contribution in [0.15, 0.2) is 21.5 Å². The van der Waals surface area contributed by atoms with E-state index in [1.54, 1.807) is 13.0 Å². The number of isocyanates is 1. The molecular weight excluding hydrogens is 186 g/mol. The maximum Gasteiger partial charge on any atom is 0.373 e. The Morgan fingerprint density at radius 3 is 2.93 bits per heavy atom. The van der Waals surface area contributed by atoms with Gasteiger partial charge in [0.1, 0.15) is 11.8 Å². The number of nitrogens with zero attached hydrogens (tertiary/aromatic N) is 1. The number of hydrogen-bond donors (Lipinski definition) is 0. The molecule has 0 fully saturated rings. The average Bonchev–Trinajstić information content (AvgIpc) is 2.66. The first-order valence-electron chi connectivity index (χ1n) is 3.94. The third-order valence-corrected chi connectivity index (χ3v) is 1.67. The molecule has 0 N–H and O–H groups in total. The lowest BCUT2D eigenvalue weighted by atomic mass is 10.3. The molecule has 0 saturated carbocycles. The van der Waals surface area contributed by atoms with Crippen molar-refractivity contribution in [3.8, 4) is 0 Å². The van der Waals surface area contributed by atoms with Crippen LogP contribution in [0.1, 0.15) is 29.3 Å². The molecule has 0 bridgehead atoms. The van der Waals surface area contributed by atoms with Crippen LogP contribution < -0.4 is 0 Å². The van der Waals surface area contributed by atoms with Crippen molar-refractivity contribution >= 4 is 12.0 Å². The van der Waals surface area contributed by atoms with Gasteiger partial charge in [-0.3, -0.25) is 0 Å². The van der Waals surface area contributed by atoms with E-state index >= 15 is 0 Å². The molecular formula is C9H9NO4. The van der Waals surface area contributed by atoms with Gasteiger partial charge in [-0.2, -0.15) is 4.99 Å². The molecule has 0 aromatic carbocycles. The summed E-state index contributed by atoms with van der Waals surface area (Å²) < 4.78 is 9.55. The zero-order valence-electron chi connectivity index (χ0n) is 7.81. The van der Waals surface area contributed by atoms with Gasteiger partial charge in [-0.1, -0.05) is 0 Å². The van der Waals surface area contributed by atoms with Crippen molar-refractivity contribution in [3.05, 3.63) is 23.7 Å². The van der Waals surface area contributed by atoms with E-state index in [1.165, 1.54) is 19.3 Å². The van der Waals surface area contributed by atoms with E-state index < -0.39 is 12.0 Å². The molecule has 1 aromatic heterocycles. The van der Waals surface area contributed by atoms with Gasteiger partial charge in [0, 0.05) is 0 Å². The number of rotatable bonds is 3. The van der Waals surface area contributed by atoms with Gasteiger partial charge in [-0.15, -0.1) is 0 Å². The van der Waals surface area contributed by atoms with Crippen molar-refractivity contribution in [3.63, 3.8) is 0 Å². The van der Waals surface area contributed by atoms with Crippen LogP contribution in [-0.2, 0) is 9.53 Å². The molecule has 0 radical (unpaired) electrons. The van der Waals surface area contributed by atoms with Crippen LogP contribution in [0, 0.1) is 0 Å².